The first-order valence-corrected chi connectivity index (χ1v) is 11.4. The Morgan fingerprint density at radius 1 is 1.05 bits per heavy atom. The van der Waals surface area contributed by atoms with Gasteiger partial charge in [0, 0.05) is 19.8 Å². The van der Waals surface area contributed by atoms with Crippen LogP contribution in [0.5, 0.6) is 0 Å². The van der Waals surface area contributed by atoms with Crippen molar-refractivity contribution in [3.63, 3.8) is 0 Å². The minimum Gasteiger partial charge on any atom is -0.453 e. The van der Waals surface area contributed by atoms with Gasteiger partial charge in [0.15, 0.2) is 10.2 Å². The molecule has 0 aliphatic heterocycles. The fraction of sp³-hybridized carbons (Fsp3) is 0.227. The predicted molar refractivity (Wildman–Crippen MR) is 149 cm³/mol. The van der Waals surface area contributed by atoms with Crippen molar-refractivity contribution >= 4 is 75.7 Å². The zero-order valence-corrected chi connectivity index (χ0v) is 22.8. The third-order valence-electron chi connectivity index (χ3n) is 4.20. The molecule has 0 aliphatic rings. The van der Waals surface area contributed by atoms with E-state index in [1.54, 1.807) is 49.6 Å². The smallest absolute Gasteiger partial charge is 0.413 e. The van der Waals surface area contributed by atoms with Crippen LogP contribution >= 0.6 is 36.0 Å². The lowest BCUT2D eigenvalue weighted by atomic mass is 10.2. The highest BCUT2D eigenvalue weighted by Crippen LogP contribution is 2.20. The Morgan fingerprint density at radius 3 is 1.97 bits per heavy atom. The van der Waals surface area contributed by atoms with Crippen LogP contribution in [-0.2, 0) is 16.0 Å². The molecule has 1 aromatic carbocycles. The average molecular weight is 565 g/mol. The number of benzene rings is 1. The van der Waals surface area contributed by atoms with E-state index in [1.165, 1.54) is 14.2 Å². The molecule has 0 radical (unpaired) electrons. The maximum atomic E-state index is 11.1. The van der Waals surface area contributed by atoms with Gasteiger partial charge >= 0.3 is 12.2 Å². The SMILES string of the molecule is CC(=NC#N)N(C)Cc1ccc(Cl)nc1.COC(=O)NC(=S)Nc1ccccc1NC(=S)NC(=O)OC. The van der Waals surface area contributed by atoms with Gasteiger partial charge in [0.05, 0.1) is 25.6 Å². The molecule has 0 aliphatic carbocycles. The molecule has 0 unspecified atom stereocenters. The molecule has 0 saturated carbocycles. The maximum absolute atomic E-state index is 11.1. The number of carbonyl (C=O) groups excluding carboxylic acids is 2. The number of halogens is 1. The van der Waals surface area contributed by atoms with E-state index in [1.807, 2.05) is 18.0 Å². The summed E-state index contributed by atoms with van der Waals surface area (Å²) < 4.78 is 8.87. The summed E-state index contributed by atoms with van der Waals surface area (Å²) in [6.07, 6.45) is 2.08. The van der Waals surface area contributed by atoms with Gasteiger partial charge in [0.2, 0.25) is 6.19 Å². The molecule has 4 N–H and O–H groups in total. The highest BCUT2D eigenvalue weighted by molar-refractivity contribution is 7.80. The number of methoxy groups -OCH3 is 2. The van der Waals surface area contributed by atoms with Crippen LogP contribution in [0, 0.1) is 11.5 Å². The number of para-hydroxylation sites is 2. The quantitative estimate of drug-likeness (QED) is 0.141. The van der Waals surface area contributed by atoms with Crippen molar-refractivity contribution in [2.75, 3.05) is 31.9 Å². The summed E-state index contributed by atoms with van der Waals surface area (Å²) in [6.45, 7) is 2.44. The second-order valence-corrected chi connectivity index (χ2v) is 7.99. The summed E-state index contributed by atoms with van der Waals surface area (Å²) in [5.74, 6) is 0.674. The number of nitrogens with one attached hydrogen (secondary N) is 4. The van der Waals surface area contributed by atoms with Gasteiger partial charge in [-0.2, -0.15) is 10.3 Å². The van der Waals surface area contributed by atoms with Gasteiger partial charge in [-0.1, -0.05) is 29.8 Å². The lowest BCUT2D eigenvalue weighted by Crippen LogP contribution is -2.35. The van der Waals surface area contributed by atoms with Gasteiger partial charge in [-0.3, -0.25) is 10.6 Å². The van der Waals surface area contributed by atoms with E-state index in [9.17, 15) is 9.59 Å². The summed E-state index contributed by atoms with van der Waals surface area (Å²) >= 11 is 15.6. The molecule has 0 fully saturated rings. The predicted octanol–water partition coefficient (Wildman–Crippen LogP) is 3.86. The highest BCUT2D eigenvalue weighted by atomic mass is 35.5. The molecule has 0 bridgehead atoms. The summed E-state index contributed by atoms with van der Waals surface area (Å²) in [7, 11) is 4.32. The number of nitriles is 1. The van der Waals surface area contributed by atoms with E-state index in [0.29, 0.717) is 28.9 Å². The number of pyridine rings is 1. The van der Waals surface area contributed by atoms with Crippen molar-refractivity contribution < 1.29 is 19.1 Å². The number of ether oxygens (including phenoxy) is 2. The minimum atomic E-state index is -0.689. The van der Waals surface area contributed by atoms with Gasteiger partial charge < -0.3 is 25.0 Å². The number of amidine groups is 1. The van der Waals surface area contributed by atoms with E-state index in [0.717, 1.165) is 5.56 Å². The number of alkyl carbamates (subject to hydrolysis) is 2. The van der Waals surface area contributed by atoms with E-state index in [-0.39, 0.29) is 10.2 Å². The van der Waals surface area contributed by atoms with Gasteiger partial charge in [-0.15, -0.1) is 0 Å². The molecule has 1 heterocycles. The van der Waals surface area contributed by atoms with Crippen molar-refractivity contribution in [2.24, 2.45) is 4.99 Å². The zero-order valence-electron chi connectivity index (χ0n) is 20.4. The molecule has 2 aromatic rings. The van der Waals surface area contributed by atoms with Crippen LogP contribution < -0.4 is 21.3 Å². The number of anilines is 2. The fourth-order valence-electron chi connectivity index (χ4n) is 2.34. The van der Waals surface area contributed by atoms with Gasteiger partial charge in [-0.25, -0.2) is 14.6 Å². The number of aromatic nitrogens is 1. The number of aliphatic imine (C=N–C) groups is 1. The van der Waals surface area contributed by atoms with Gasteiger partial charge in [0.1, 0.15) is 11.0 Å². The minimum absolute atomic E-state index is 0.0490. The zero-order chi connectivity index (χ0) is 27.8. The van der Waals surface area contributed by atoms with E-state index in [2.05, 4.69) is 40.7 Å². The Balaban J connectivity index is 0.000000397. The highest BCUT2D eigenvalue weighted by Gasteiger charge is 2.09. The number of carbonyl (C=O) groups is 2. The molecule has 12 nitrogen and oxygen atoms in total. The molecule has 1 aromatic heterocycles. The third kappa shape index (κ3) is 12.5. The van der Waals surface area contributed by atoms with Crippen molar-refractivity contribution in [3.8, 4) is 6.19 Å². The third-order valence-corrected chi connectivity index (χ3v) is 4.83. The van der Waals surface area contributed by atoms with Gasteiger partial charge in [0.25, 0.3) is 0 Å². The Hall–Kier alpha value is -4.06. The Bertz CT molecular complexity index is 1120. The average Bonchev–Trinajstić information content (AvgIpc) is 2.86. The monoisotopic (exact) mass is 564 g/mol. The van der Waals surface area contributed by atoms with Crippen LogP contribution in [0.15, 0.2) is 47.6 Å². The van der Waals surface area contributed by atoms with Crippen molar-refractivity contribution in [3.05, 3.63) is 53.3 Å². The molecule has 196 valence electrons. The second-order valence-electron chi connectivity index (χ2n) is 6.79. The largest absolute Gasteiger partial charge is 0.453 e. The summed E-state index contributed by atoms with van der Waals surface area (Å²) in [4.78, 5) is 31.6. The molecule has 0 spiro atoms. The fourth-order valence-corrected chi connectivity index (χ4v) is 2.84. The molecular weight excluding hydrogens is 540 g/mol. The first kappa shape index (κ1) is 31.0. The lowest BCUT2D eigenvalue weighted by Gasteiger charge is -2.17. The molecule has 37 heavy (non-hydrogen) atoms. The second kappa shape index (κ2) is 16.6. The van der Waals surface area contributed by atoms with E-state index >= 15 is 0 Å². The number of nitrogens with zero attached hydrogens (tertiary/aromatic N) is 4. The first-order valence-electron chi connectivity index (χ1n) is 10.3. The van der Waals surface area contributed by atoms with E-state index < -0.39 is 12.2 Å². The number of rotatable bonds is 4. The first-order chi connectivity index (χ1) is 17.6. The molecule has 0 saturated heterocycles. The van der Waals surface area contributed by atoms with Crippen LogP contribution in [0.25, 0.3) is 0 Å². The number of amides is 2. The maximum Gasteiger partial charge on any atom is 0.413 e. The van der Waals surface area contributed by atoms with Crippen molar-refractivity contribution in [1.29, 1.82) is 5.26 Å². The molecule has 2 amide bonds. The Kier molecular flexibility index (Phi) is 13.9. The van der Waals surface area contributed by atoms with Crippen LogP contribution in [0.2, 0.25) is 5.15 Å². The van der Waals surface area contributed by atoms with Crippen molar-refractivity contribution in [2.45, 2.75) is 13.5 Å². The van der Waals surface area contributed by atoms with Crippen molar-refractivity contribution in [1.82, 2.24) is 20.5 Å². The molecule has 0 atom stereocenters. The van der Waals surface area contributed by atoms with Gasteiger partial charge in [-0.05, 0) is 55.1 Å². The van der Waals surface area contributed by atoms with Crippen LogP contribution in [0.1, 0.15) is 12.5 Å². The lowest BCUT2D eigenvalue weighted by molar-refractivity contribution is 0.176. The van der Waals surface area contributed by atoms with Crippen LogP contribution in [-0.4, -0.2) is 59.4 Å². The molecule has 2 rings (SSSR count). The Labute approximate surface area is 230 Å². The normalized spacial score (nSPS) is 9.89. The number of hydrogen-bond acceptors (Lipinski definition) is 9. The topological polar surface area (TPSA) is 153 Å². The molecule has 15 heteroatoms. The molecular formula is C22H25ClN8O4S2. The summed E-state index contributed by atoms with van der Waals surface area (Å²) in [5.41, 5.74) is 2.10. The summed E-state index contributed by atoms with van der Waals surface area (Å²) in [5, 5.41) is 19.2. The van der Waals surface area contributed by atoms with E-state index in [4.69, 9.17) is 41.3 Å². The Morgan fingerprint density at radius 2 is 1.57 bits per heavy atom. The number of hydrogen-bond donors (Lipinski definition) is 4. The number of thiocarbonyl (C=S) groups is 2. The standard InChI is InChI=1S/C12H14N4O4S2.C10H11ClN4/c1-19-11(17)15-9(21)13-7-5-3-4-6-8(7)14-10(22)16-12(18)20-2;1-8(14-7-12)15(2)6-9-3-4-10(11)13-5-9/h3-6H,1-2H3,(H2,13,15,17,21)(H2,14,16,18,22);3-5H,6H2,1-2H3. The van der Waals surface area contributed by atoms with Crippen LogP contribution in [0.3, 0.4) is 0 Å². The van der Waals surface area contributed by atoms with Crippen LogP contribution in [0.4, 0.5) is 21.0 Å². The summed E-state index contributed by atoms with van der Waals surface area (Å²) in [6, 6.07) is 10.5.